The fourth-order valence-electron chi connectivity index (χ4n) is 1.25. The molecule has 0 amide bonds. The Morgan fingerprint density at radius 2 is 1.94 bits per heavy atom. The SMILES string of the molecule is CC(C)(F)c1cc(F)c(F)c(C(=O)CN)c1. The van der Waals surface area contributed by atoms with Gasteiger partial charge in [-0.3, -0.25) is 4.79 Å². The highest BCUT2D eigenvalue weighted by Crippen LogP contribution is 2.27. The molecule has 88 valence electrons. The molecule has 0 saturated heterocycles. The van der Waals surface area contributed by atoms with Crippen LogP contribution >= 0.6 is 0 Å². The van der Waals surface area contributed by atoms with Crippen molar-refractivity contribution in [2.75, 3.05) is 6.54 Å². The van der Waals surface area contributed by atoms with Crippen LogP contribution in [0.3, 0.4) is 0 Å². The minimum atomic E-state index is -1.85. The number of carbonyl (C=O) groups is 1. The molecule has 0 radical (unpaired) electrons. The van der Waals surface area contributed by atoms with Gasteiger partial charge in [0, 0.05) is 0 Å². The lowest BCUT2D eigenvalue weighted by Crippen LogP contribution is -2.18. The highest BCUT2D eigenvalue weighted by atomic mass is 19.2. The number of Topliss-reactive ketones (excluding diaryl/α,β-unsaturated/α-hetero) is 1. The molecule has 0 unspecified atom stereocenters. The van der Waals surface area contributed by atoms with Crippen molar-refractivity contribution in [2.24, 2.45) is 5.73 Å². The second-order valence-electron chi connectivity index (χ2n) is 3.92. The van der Waals surface area contributed by atoms with Crippen molar-refractivity contribution < 1.29 is 18.0 Å². The third kappa shape index (κ3) is 2.41. The number of halogens is 3. The number of carbonyl (C=O) groups excluding carboxylic acids is 1. The number of hydrogen-bond acceptors (Lipinski definition) is 2. The first-order chi connectivity index (χ1) is 7.27. The summed E-state index contributed by atoms with van der Waals surface area (Å²) in [5.41, 5.74) is 2.60. The molecular formula is C11H12F3NO. The van der Waals surface area contributed by atoms with E-state index in [-0.39, 0.29) is 5.56 Å². The lowest BCUT2D eigenvalue weighted by molar-refractivity contribution is 0.0996. The summed E-state index contributed by atoms with van der Waals surface area (Å²) in [6, 6.07) is 1.73. The van der Waals surface area contributed by atoms with Gasteiger partial charge >= 0.3 is 0 Å². The first-order valence-electron chi connectivity index (χ1n) is 4.69. The first kappa shape index (κ1) is 12.7. The molecule has 5 heteroatoms. The maximum Gasteiger partial charge on any atom is 0.179 e. The maximum atomic E-state index is 13.5. The molecule has 2 nitrogen and oxygen atoms in total. The topological polar surface area (TPSA) is 43.1 Å². The molecule has 0 aliphatic heterocycles. The van der Waals surface area contributed by atoms with Crippen LogP contribution in [0.4, 0.5) is 13.2 Å². The molecular weight excluding hydrogens is 219 g/mol. The monoisotopic (exact) mass is 231 g/mol. The summed E-state index contributed by atoms with van der Waals surface area (Å²) < 4.78 is 39.9. The summed E-state index contributed by atoms with van der Waals surface area (Å²) in [6.07, 6.45) is 0. The van der Waals surface area contributed by atoms with Crippen LogP contribution in [0.2, 0.25) is 0 Å². The summed E-state index contributed by atoms with van der Waals surface area (Å²) in [4.78, 5) is 11.2. The van der Waals surface area contributed by atoms with Crippen LogP contribution in [0.25, 0.3) is 0 Å². The summed E-state index contributed by atoms with van der Waals surface area (Å²) in [5.74, 6) is -3.30. The normalized spacial score (nSPS) is 11.6. The van der Waals surface area contributed by atoms with Crippen molar-refractivity contribution in [3.8, 4) is 0 Å². The summed E-state index contributed by atoms with van der Waals surface area (Å²) in [6.45, 7) is 1.93. The van der Waals surface area contributed by atoms with Gasteiger partial charge in [-0.2, -0.15) is 0 Å². The van der Waals surface area contributed by atoms with E-state index in [1.165, 1.54) is 13.8 Å². The lowest BCUT2D eigenvalue weighted by atomic mass is 9.96. The number of ketones is 1. The Labute approximate surface area is 91.3 Å². The van der Waals surface area contributed by atoms with Crippen LogP contribution in [0.5, 0.6) is 0 Å². The van der Waals surface area contributed by atoms with Gasteiger partial charge in [0.1, 0.15) is 5.67 Å². The standard InChI is InChI=1S/C11H12F3NO/c1-11(2,14)6-3-7(9(16)5-15)10(13)8(12)4-6/h3-4H,5,15H2,1-2H3. The van der Waals surface area contributed by atoms with Crippen molar-refractivity contribution >= 4 is 5.78 Å². The Morgan fingerprint density at radius 3 is 2.38 bits per heavy atom. The smallest absolute Gasteiger partial charge is 0.179 e. The molecule has 1 aromatic carbocycles. The second kappa shape index (κ2) is 4.25. The molecule has 0 atom stereocenters. The Bertz CT molecular complexity index is 424. The van der Waals surface area contributed by atoms with Gasteiger partial charge in [-0.25, -0.2) is 13.2 Å². The van der Waals surface area contributed by atoms with Crippen molar-refractivity contribution in [1.82, 2.24) is 0 Å². The van der Waals surface area contributed by atoms with E-state index >= 15 is 0 Å². The van der Waals surface area contributed by atoms with Gasteiger partial charge in [-0.15, -0.1) is 0 Å². The van der Waals surface area contributed by atoms with Crippen LogP contribution in [0.1, 0.15) is 29.8 Å². The zero-order valence-electron chi connectivity index (χ0n) is 8.98. The largest absolute Gasteiger partial charge is 0.324 e. The molecule has 0 bridgehead atoms. The predicted molar refractivity (Wildman–Crippen MR) is 53.9 cm³/mol. The number of alkyl halides is 1. The lowest BCUT2D eigenvalue weighted by Gasteiger charge is -2.16. The number of benzene rings is 1. The minimum absolute atomic E-state index is 0.0943. The molecule has 0 heterocycles. The molecule has 0 aromatic heterocycles. The summed E-state index contributed by atoms with van der Waals surface area (Å²) >= 11 is 0. The van der Waals surface area contributed by atoms with Crippen LogP contribution in [0.15, 0.2) is 12.1 Å². The van der Waals surface area contributed by atoms with E-state index in [4.69, 9.17) is 5.73 Å². The van der Waals surface area contributed by atoms with Crippen molar-refractivity contribution in [3.63, 3.8) is 0 Å². The molecule has 1 aromatic rings. The highest BCUT2D eigenvalue weighted by molar-refractivity contribution is 5.97. The fraction of sp³-hybridized carbons (Fsp3) is 0.364. The summed E-state index contributed by atoms with van der Waals surface area (Å²) in [7, 11) is 0. The number of hydrogen-bond donors (Lipinski definition) is 1. The van der Waals surface area contributed by atoms with E-state index in [9.17, 15) is 18.0 Å². The first-order valence-corrected chi connectivity index (χ1v) is 4.69. The van der Waals surface area contributed by atoms with Crippen molar-refractivity contribution in [2.45, 2.75) is 19.5 Å². The van der Waals surface area contributed by atoms with Gasteiger partial charge in [0.25, 0.3) is 0 Å². The molecule has 0 aliphatic carbocycles. The van der Waals surface area contributed by atoms with Gasteiger partial charge in [0.2, 0.25) is 0 Å². The maximum absolute atomic E-state index is 13.5. The Morgan fingerprint density at radius 1 is 1.38 bits per heavy atom. The molecule has 0 spiro atoms. The van der Waals surface area contributed by atoms with E-state index in [1.807, 2.05) is 0 Å². The van der Waals surface area contributed by atoms with E-state index in [2.05, 4.69) is 0 Å². The second-order valence-corrected chi connectivity index (χ2v) is 3.92. The van der Waals surface area contributed by atoms with Gasteiger partial charge in [-0.05, 0) is 31.5 Å². The van der Waals surface area contributed by atoms with Gasteiger partial charge in [-0.1, -0.05) is 0 Å². The molecule has 16 heavy (non-hydrogen) atoms. The van der Waals surface area contributed by atoms with E-state index in [1.54, 1.807) is 0 Å². The third-order valence-corrected chi connectivity index (χ3v) is 2.20. The van der Waals surface area contributed by atoms with E-state index < -0.39 is 35.2 Å². The number of rotatable bonds is 3. The number of nitrogens with two attached hydrogens (primary N) is 1. The highest BCUT2D eigenvalue weighted by Gasteiger charge is 2.24. The van der Waals surface area contributed by atoms with Gasteiger partial charge < -0.3 is 5.73 Å². The third-order valence-electron chi connectivity index (χ3n) is 2.20. The van der Waals surface area contributed by atoms with Crippen LogP contribution < -0.4 is 5.73 Å². The molecule has 0 fully saturated rings. The molecule has 1 rings (SSSR count). The molecule has 0 aliphatic rings. The van der Waals surface area contributed by atoms with E-state index in [0.717, 1.165) is 12.1 Å². The summed E-state index contributed by atoms with van der Waals surface area (Å²) in [5, 5.41) is 0. The van der Waals surface area contributed by atoms with Crippen molar-refractivity contribution in [1.29, 1.82) is 0 Å². The average Bonchev–Trinajstić information content (AvgIpc) is 2.19. The van der Waals surface area contributed by atoms with Crippen molar-refractivity contribution in [3.05, 3.63) is 34.9 Å². The van der Waals surface area contributed by atoms with Crippen LogP contribution in [-0.4, -0.2) is 12.3 Å². The zero-order chi connectivity index (χ0) is 12.5. The molecule has 0 saturated carbocycles. The fourth-order valence-corrected chi connectivity index (χ4v) is 1.25. The molecule has 2 N–H and O–H groups in total. The zero-order valence-corrected chi connectivity index (χ0v) is 8.98. The predicted octanol–water partition coefficient (Wildman–Crippen LogP) is 2.31. The average molecular weight is 231 g/mol. The Hall–Kier alpha value is -1.36. The quantitative estimate of drug-likeness (QED) is 0.811. The van der Waals surface area contributed by atoms with E-state index in [0.29, 0.717) is 0 Å². The van der Waals surface area contributed by atoms with Crippen LogP contribution in [0, 0.1) is 11.6 Å². The Kier molecular flexibility index (Phi) is 3.38. The minimum Gasteiger partial charge on any atom is -0.324 e. The Balaban J connectivity index is 3.39. The van der Waals surface area contributed by atoms with Crippen LogP contribution in [-0.2, 0) is 5.67 Å². The van der Waals surface area contributed by atoms with Gasteiger partial charge in [0.15, 0.2) is 17.4 Å². The van der Waals surface area contributed by atoms with Gasteiger partial charge in [0.05, 0.1) is 12.1 Å².